The molecule has 0 aromatic carbocycles. The Balaban J connectivity index is 0. The molecule has 4 nitrogen and oxygen atoms in total. The van der Waals surface area contributed by atoms with Crippen molar-refractivity contribution in [2.75, 3.05) is 26.5 Å². The summed E-state index contributed by atoms with van der Waals surface area (Å²) in [5.74, 6) is -1.87. The molecular formula is C10H18F7NO3S. The zero-order valence-electron chi connectivity index (χ0n) is 11.7. The molecule has 0 spiro atoms. The summed E-state index contributed by atoms with van der Waals surface area (Å²) < 4.78 is 117. The molecule has 0 aromatic heterocycles. The first-order valence-corrected chi connectivity index (χ1v) is 7.47. The van der Waals surface area contributed by atoms with E-state index in [1.165, 1.54) is 0 Å². The fraction of sp³-hybridized carbons (Fsp3) is 1.00. The van der Waals surface area contributed by atoms with Gasteiger partial charge < -0.3 is 5.32 Å². The van der Waals surface area contributed by atoms with Gasteiger partial charge in [-0.3, -0.25) is 4.55 Å². The summed E-state index contributed by atoms with van der Waals surface area (Å²) in [7, 11) is -1.25. The van der Waals surface area contributed by atoms with E-state index >= 15 is 0 Å². The molecule has 0 rings (SSSR count). The van der Waals surface area contributed by atoms with Crippen LogP contribution in [0, 0.1) is 0 Å². The van der Waals surface area contributed by atoms with Crippen molar-refractivity contribution in [3.8, 4) is 0 Å². The van der Waals surface area contributed by atoms with E-state index in [-0.39, 0.29) is 0 Å². The van der Waals surface area contributed by atoms with E-state index in [0.717, 1.165) is 0 Å². The van der Waals surface area contributed by atoms with Crippen LogP contribution in [0.3, 0.4) is 0 Å². The van der Waals surface area contributed by atoms with Crippen molar-refractivity contribution >= 4 is 10.1 Å². The Hall–Kier alpha value is -0.620. The summed E-state index contributed by atoms with van der Waals surface area (Å²) in [5, 5.41) is 2.75. The normalized spacial score (nSPS) is 20.1. The third-order valence-corrected chi connectivity index (χ3v) is 2.86. The summed E-state index contributed by atoms with van der Waals surface area (Å²) in [6.07, 6.45) is -20.1. The molecule has 0 amide bonds. The second kappa shape index (κ2) is 11.0. The van der Waals surface area contributed by atoms with Crippen molar-refractivity contribution in [1.82, 2.24) is 5.32 Å². The first-order valence-electron chi connectivity index (χ1n) is 5.86. The lowest BCUT2D eigenvalue weighted by Crippen LogP contribution is -2.44. The molecule has 2 N–H and O–H groups in total. The Morgan fingerprint density at radius 3 is 1.45 bits per heavy atom. The maximum Gasteiger partial charge on any atom is 0.267 e. The summed E-state index contributed by atoms with van der Waals surface area (Å²) in [4.78, 5) is 0. The molecule has 136 valence electrons. The SMILES string of the molecule is CNC.O=S(=O)(O)CC(F)C(F)C(F)C(F)C(F)C(F)CF. The van der Waals surface area contributed by atoms with Crippen LogP contribution in [0.15, 0.2) is 0 Å². The molecule has 0 fully saturated rings. The maximum absolute atomic E-state index is 13.0. The number of hydrogen-bond donors (Lipinski definition) is 2. The van der Waals surface area contributed by atoms with E-state index in [1.54, 1.807) is 0 Å². The predicted molar refractivity (Wildman–Crippen MR) is 66.8 cm³/mol. The monoisotopic (exact) mass is 365 g/mol. The smallest absolute Gasteiger partial charge is 0.267 e. The number of rotatable bonds is 8. The van der Waals surface area contributed by atoms with Crippen LogP contribution in [-0.2, 0) is 10.1 Å². The minimum Gasteiger partial charge on any atom is -0.323 e. The van der Waals surface area contributed by atoms with Gasteiger partial charge in [-0.15, -0.1) is 0 Å². The van der Waals surface area contributed by atoms with Crippen molar-refractivity contribution in [3.63, 3.8) is 0 Å². The van der Waals surface area contributed by atoms with Crippen LogP contribution in [0.25, 0.3) is 0 Å². The maximum atomic E-state index is 13.0. The van der Waals surface area contributed by atoms with Crippen molar-refractivity contribution in [2.24, 2.45) is 0 Å². The molecule has 22 heavy (non-hydrogen) atoms. The van der Waals surface area contributed by atoms with Gasteiger partial charge in [0.25, 0.3) is 10.1 Å². The third-order valence-electron chi connectivity index (χ3n) is 2.12. The number of alkyl halides is 7. The van der Waals surface area contributed by atoms with E-state index in [0.29, 0.717) is 0 Å². The first kappa shape index (κ1) is 23.6. The standard InChI is InChI=1S/C8H11F7O3S.C2H7N/c9-1-3(10)5(12)7(14)8(15)6(13)4(11)2-19(16,17)18;1-3-2/h3-8H,1-2H2,(H,16,17,18);3H,1-2H3. The Morgan fingerprint density at radius 1 is 0.864 bits per heavy atom. The number of hydrogen-bond acceptors (Lipinski definition) is 3. The first-order chi connectivity index (χ1) is 9.92. The highest BCUT2D eigenvalue weighted by Crippen LogP contribution is 2.24. The summed E-state index contributed by atoms with van der Waals surface area (Å²) >= 11 is 0. The molecule has 0 heterocycles. The van der Waals surface area contributed by atoms with Gasteiger partial charge in [-0.05, 0) is 14.1 Å². The highest BCUT2D eigenvalue weighted by atomic mass is 32.2. The summed E-state index contributed by atoms with van der Waals surface area (Å²) in [6.45, 7) is -1.99. The Bertz CT molecular complexity index is 387. The van der Waals surface area contributed by atoms with Crippen LogP contribution in [0.2, 0.25) is 0 Å². The molecule has 6 atom stereocenters. The van der Waals surface area contributed by atoms with Gasteiger partial charge >= 0.3 is 0 Å². The quantitative estimate of drug-likeness (QED) is 0.508. The average molecular weight is 365 g/mol. The number of halogens is 7. The lowest BCUT2D eigenvalue weighted by atomic mass is 10.0. The van der Waals surface area contributed by atoms with Crippen LogP contribution in [0.1, 0.15) is 0 Å². The van der Waals surface area contributed by atoms with E-state index in [4.69, 9.17) is 4.55 Å². The highest BCUT2D eigenvalue weighted by molar-refractivity contribution is 7.85. The Labute approximate surface area is 123 Å². The fourth-order valence-electron chi connectivity index (χ4n) is 1.13. The zero-order chi connectivity index (χ0) is 18.1. The van der Waals surface area contributed by atoms with Crippen LogP contribution in [0.4, 0.5) is 30.7 Å². The van der Waals surface area contributed by atoms with Crippen molar-refractivity contribution in [3.05, 3.63) is 0 Å². The number of nitrogens with one attached hydrogen (secondary N) is 1. The van der Waals surface area contributed by atoms with E-state index in [2.05, 4.69) is 5.32 Å². The topological polar surface area (TPSA) is 66.4 Å². The van der Waals surface area contributed by atoms with Gasteiger partial charge in [0.1, 0.15) is 12.4 Å². The third kappa shape index (κ3) is 9.41. The molecule has 0 radical (unpaired) electrons. The van der Waals surface area contributed by atoms with Gasteiger partial charge in [-0.1, -0.05) is 0 Å². The van der Waals surface area contributed by atoms with Gasteiger partial charge in [0, 0.05) is 0 Å². The van der Waals surface area contributed by atoms with Crippen molar-refractivity contribution < 1.29 is 43.7 Å². The molecule has 0 saturated heterocycles. The van der Waals surface area contributed by atoms with Crippen LogP contribution in [-0.4, -0.2) is 76.5 Å². The minimum atomic E-state index is -5.00. The zero-order valence-corrected chi connectivity index (χ0v) is 12.5. The van der Waals surface area contributed by atoms with Crippen molar-refractivity contribution in [2.45, 2.75) is 37.0 Å². The summed E-state index contributed by atoms with van der Waals surface area (Å²) in [6, 6.07) is 0. The molecule has 0 bridgehead atoms. The second-order valence-corrected chi connectivity index (χ2v) is 5.71. The Kier molecular flexibility index (Phi) is 11.8. The lowest BCUT2D eigenvalue weighted by Gasteiger charge is -2.22. The molecule has 0 aliphatic rings. The van der Waals surface area contributed by atoms with E-state index < -0.39 is 59.6 Å². The average Bonchev–Trinajstić information content (AvgIpc) is 2.42. The molecule has 0 aromatic rings. The van der Waals surface area contributed by atoms with Crippen LogP contribution >= 0.6 is 0 Å². The van der Waals surface area contributed by atoms with Crippen LogP contribution in [0.5, 0.6) is 0 Å². The fourth-order valence-corrected chi connectivity index (χ4v) is 1.71. The van der Waals surface area contributed by atoms with Crippen LogP contribution < -0.4 is 5.32 Å². The molecule has 6 unspecified atom stereocenters. The lowest BCUT2D eigenvalue weighted by molar-refractivity contribution is -0.0204. The van der Waals surface area contributed by atoms with Gasteiger partial charge in [-0.25, -0.2) is 30.7 Å². The molecule has 0 aliphatic heterocycles. The predicted octanol–water partition coefficient (Wildman–Crippen LogP) is 1.71. The van der Waals surface area contributed by atoms with Gasteiger partial charge in [-0.2, -0.15) is 8.42 Å². The van der Waals surface area contributed by atoms with Crippen molar-refractivity contribution in [1.29, 1.82) is 0 Å². The van der Waals surface area contributed by atoms with E-state index in [1.807, 2.05) is 14.1 Å². The van der Waals surface area contributed by atoms with Gasteiger partial charge in [0.15, 0.2) is 37.0 Å². The molecular weight excluding hydrogens is 347 g/mol. The molecule has 0 aliphatic carbocycles. The minimum absolute atomic E-state index is 1.87. The second-order valence-electron chi connectivity index (χ2n) is 4.21. The molecule has 0 saturated carbocycles. The highest BCUT2D eigenvalue weighted by Gasteiger charge is 2.44. The largest absolute Gasteiger partial charge is 0.323 e. The van der Waals surface area contributed by atoms with Gasteiger partial charge in [0.05, 0.1) is 0 Å². The van der Waals surface area contributed by atoms with E-state index in [9.17, 15) is 39.2 Å². The Morgan fingerprint density at radius 2 is 1.18 bits per heavy atom. The molecule has 12 heteroatoms. The van der Waals surface area contributed by atoms with Gasteiger partial charge in [0.2, 0.25) is 0 Å². The summed E-state index contributed by atoms with van der Waals surface area (Å²) in [5.41, 5.74) is 0.